The van der Waals surface area contributed by atoms with E-state index in [9.17, 15) is 22.8 Å². The predicted molar refractivity (Wildman–Crippen MR) is 114 cm³/mol. The minimum atomic E-state index is -4.18. The maximum Gasteiger partial charge on any atom is 0.337 e. The van der Waals surface area contributed by atoms with Crippen molar-refractivity contribution >= 4 is 56.8 Å². The number of rotatable bonds is 7. The van der Waals surface area contributed by atoms with Gasteiger partial charge in [0.25, 0.3) is 0 Å². The number of ether oxygens (including phenoxy) is 2. The average Bonchev–Trinajstić information content (AvgIpc) is 2.73. The fraction of sp³-hybridized carbons (Fsp3) is 0.211. The Hall–Kier alpha value is -2.66. The number of sulfonamides is 1. The zero-order valence-electron chi connectivity index (χ0n) is 16.6. The van der Waals surface area contributed by atoms with Crippen molar-refractivity contribution in [3.05, 3.63) is 57.6 Å². The SMILES string of the molecule is COC(=O)c1cc(NC(=O)[C@H](C)NS(=O)(=O)c2cc(Cl)ccc2Cl)cc(C(=O)OC)c1. The summed E-state index contributed by atoms with van der Waals surface area (Å²) in [7, 11) is -1.86. The number of halogens is 2. The van der Waals surface area contributed by atoms with Crippen molar-refractivity contribution in [1.29, 1.82) is 0 Å². The van der Waals surface area contributed by atoms with Crippen LogP contribution in [0.5, 0.6) is 0 Å². The van der Waals surface area contributed by atoms with Gasteiger partial charge in [0.2, 0.25) is 15.9 Å². The third-order valence-electron chi connectivity index (χ3n) is 3.95. The Morgan fingerprint density at radius 1 is 0.935 bits per heavy atom. The maximum absolute atomic E-state index is 12.6. The van der Waals surface area contributed by atoms with Gasteiger partial charge in [0, 0.05) is 10.7 Å². The zero-order chi connectivity index (χ0) is 23.3. The van der Waals surface area contributed by atoms with Gasteiger partial charge in [0.1, 0.15) is 4.90 Å². The highest BCUT2D eigenvalue weighted by molar-refractivity contribution is 7.89. The van der Waals surface area contributed by atoms with Crippen LogP contribution in [0, 0.1) is 0 Å². The summed E-state index contributed by atoms with van der Waals surface area (Å²) >= 11 is 11.8. The molecule has 0 heterocycles. The molecule has 31 heavy (non-hydrogen) atoms. The quantitative estimate of drug-likeness (QED) is 0.573. The Bertz CT molecular complexity index is 1100. The first-order valence-corrected chi connectivity index (χ1v) is 10.8. The van der Waals surface area contributed by atoms with Crippen molar-refractivity contribution in [2.24, 2.45) is 0 Å². The second-order valence-electron chi connectivity index (χ2n) is 6.19. The monoisotopic (exact) mass is 488 g/mol. The molecule has 0 aliphatic rings. The van der Waals surface area contributed by atoms with E-state index in [0.717, 1.165) is 20.3 Å². The molecular formula is C19H18Cl2N2O7S. The van der Waals surface area contributed by atoms with E-state index < -0.39 is 33.9 Å². The van der Waals surface area contributed by atoms with Crippen molar-refractivity contribution in [2.45, 2.75) is 17.9 Å². The Labute approximate surface area is 188 Å². The minimum Gasteiger partial charge on any atom is -0.465 e. The summed E-state index contributed by atoms with van der Waals surface area (Å²) in [4.78, 5) is 36.0. The van der Waals surface area contributed by atoms with Gasteiger partial charge in [-0.1, -0.05) is 23.2 Å². The van der Waals surface area contributed by atoms with E-state index >= 15 is 0 Å². The Kier molecular flexibility index (Phi) is 8.02. The highest BCUT2D eigenvalue weighted by atomic mass is 35.5. The highest BCUT2D eigenvalue weighted by Gasteiger charge is 2.25. The summed E-state index contributed by atoms with van der Waals surface area (Å²) in [6.07, 6.45) is 0. The minimum absolute atomic E-state index is 0.0142. The molecule has 0 aromatic heterocycles. The number of amides is 1. The van der Waals surface area contributed by atoms with Crippen molar-refractivity contribution in [2.75, 3.05) is 19.5 Å². The Balaban J connectivity index is 2.26. The maximum atomic E-state index is 12.6. The van der Waals surface area contributed by atoms with E-state index in [4.69, 9.17) is 23.2 Å². The van der Waals surface area contributed by atoms with Crippen LogP contribution in [0.3, 0.4) is 0 Å². The van der Waals surface area contributed by atoms with Gasteiger partial charge in [-0.25, -0.2) is 18.0 Å². The van der Waals surface area contributed by atoms with Gasteiger partial charge < -0.3 is 14.8 Å². The van der Waals surface area contributed by atoms with Gasteiger partial charge in [-0.3, -0.25) is 4.79 Å². The van der Waals surface area contributed by atoms with E-state index in [1.54, 1.807) is 0 Å². The summed E-state index contributed by atoms with van der Waals surface area (Å²) in [5.41, 5.74) is 0.0272. The van der Waals surface area contributed by atoms with Crippen LogP contribution in [0.25, 0.3) is 0 Å². The molecule has 0 unspecified atom stereocenters. The molecule has 1 atom stereocenters. The summed E-state index contributed by atoms with van der Waals surface area (Å²) in [6.45, 7) is 1.30. The van der Waals surface area contributed by atoms with E-state index in [1.807, 2.05) is 0 Å². The molecule has 0 bridgehead atoms. The molecule has 0 saturated carbocycles. The Morgan fingerprint density at radius 2 is 1.48 bits per heavy atom. The molecule has 0 spiro atoms. The van der Waals surface area contributed by atoms with E-state index in [2.05, 4.69) is 19.5 Å². The molecule has 0 radical (unpaired) electrons. The molecule has 2 rings (SSSR count). The van der Waals surface area contributed by atoms with Crippen LogP contribution in [0.4, 0.5) is 5.69 Å². The number of nitrogens with one attached hydrogen (secondary N) is 2. The van der Waals surface area contributed by atoms with Crippen LogP contribution in [0.15, 0.2) is 41.3 Å². The number of anilines is 1. The van der Waals surface area contributed by atoms with E-state index in [-0.39, 0.29) is 31.8 Å². The molecule has 9 nitrogen and oxygen atoms in total. The van der Waals surface area contributed by atoms with Crippen molar-refractivity contribution in [3.8, 4) is 0 Å². The first-order valence-electron chi connectivity index (χ1n) is 8.58. The molecule has 0 aliphatic heterocycles. The molecule has 12 heteroatoms. The van der Waals surface area contributed by atoms with Crippen LogP contribution < -0.4 is 10.0 Å². The van der Waals surface area contributed by atoms with Gasteiger partial charge in [-0.15, -0.1) is 0 Å². The largest absolute Gasteiger partial charge is 0.465 e. The lowest BCUT2D eigenvalue weighted by molar-refractivity contribution is -0.117. The van der Waals surface area contributed by atoms with Crippen molar-refractivity contribution < 1.29 is 32.3 Å². The number of methoxy groups -OCH3 is 2. The number of hydrogen-bond acceptors (Lipinski definition) is 7. The fourth-order valence-electron chi connectivity index (χ4n) is 2.45. The highest BCUT2D eigenvalue weighted by Crippen LogP contribution is 2.25. The van der Waals surface area contributed by atoms with Crippen molar-refractivity contribution in [3.63, 3.8) is 0 Å². The normalized spacial score (nSPS) is 12.0. The van der Waals surface area contributed by atoms with Gasteiger partial charge >= 0.3 is 11.9 Å². The summed E-state index contributed by atoms with van der Waals surface area (Å²) in [6, 6.07) is 6.42. The summed E-state index contributed by atoms with van der Waals surface area (Å²) in [5, 5.41) is 2.52. The number of carbonyl (C=O) groups is 3. The van der Waals surface area contributed by atoms with Gasteiger partial charge in [0.05, 0.1) is 36.4 Å². The average molecular weight is 489 g/mol. The third kappa shape index (κ3) is 6.17. The molecule has 0 aliphatic carbocycles. The van der Waals surface area contributed by atoms with Gasteiger partial charge in [-0.2, -0.15) is 4.72 Å². The first kappa shape index (κ1) is 24.6. The smallest absolute Gasteiger partial charge is 0.337 e. The summed E-state index contributed by atoms with van der Waals surface area (Å²) in [5.74, 6) is -2.25. The van der Waals surface area contributed by atoms with Crippen LogP contribution in [0.1, 0.15) is 27.6 Å². The fourth-order valence-corrected chi connectivity index (χ4v) is 4.42. The third-order valence-corrected chi connectivity index (χ3v) is 6.21. The van der Waals surface area contributed by atoms with Crippen LogP contribution in [-0.4, -0.2) is 46.5 Å². The molecular weight excluding hydrogens is 471 g/mol. The van der Waals surface area contributed by atoms with Gasteiger partial charge in [0.15, 0.2) is 0 Å². The zero-order valence-corrected chi connectivity index (χ0v) is 18.9. The molecule has 2 aromatic carbocycles. The summed E-state index contributed by atoms with van der Waals surface area (Å²) < 4.78 is 36.6. The molecule has 0 saturated heterocycles. The van der Waals surface area contributed by atoms with Crippen LogP contribution in [-0.2, 0) is 24.3 Å². The lowest BCUT2D eigenvalue weighted by Gasteiger charge is -2.16. The molecule has 0 fully saturated rings. The second kappa shape index (κ2) is 10.1. The van der Waals surface area contributed by atoms with Crippen molar-refractivity contribution in [1.82, 2.24) is 4.72 Å². The van der Waals surface area contributed by atoms with Crippen LogP contribution in [0.2, 0.25) is 10.0 Å². The molecule has 166 valence electrons. The molecule has 2 aromatic rings. The topological polar surface area (TPSA) is 128 Å². The number of benzene rings is 2. The van der Waals surface area contributed by atoms with E-state index in [1.165, 1.54) is 37.3 Å². The number of carbonyl (C=O) groups excluding carboxylic acids is 3. The lowest BCUT2D eigenvalue weighted by Crippen LogP contribution is -2.41. The molecule has 1 amide bonds. The first-order chi connectivity index (χ1) is 14.5. The second-order valence-corrected chi connectivity index (χ2v) is 8.72. The van der Waals surface area contributed by atoms with E-state index in [0.29, 0.717) is 0 Å². The lowest BCUT2D eigenvalue weighted by atomic mass is 10.1. The number of hydrogen-bond donors (Lipinski definition) is 2. The van der Waals surface area contributed by atoms with Gasteiger partial charge in [-0.05, 0) is 43.3 Å². The number of esters is 2. The van der Waals surface area contributed by atoms with Crippen LogP contribution >= 0.6 is 23.2 Å². The standard InChI is InChI=1S/C19H18Cl2N2O7S/c1-10(23-31(27,28)16-9-13(20)4-5-15(16)21)17(24)22-14-7-11(18(25)29-2)6-12(8-14)19(26)30-3/h4-10,23H,1-3H3,(H,22,24)/t10-/m0/s1. The predicted octanol–water partition coefficient (Wildman–Crippen LogP) is 2.87. The molecule has 2 N–H and O–H groups in total. The Morgan fingerprint density at radius 3 is 2.00 bits per heavy atom.